The van der Waals surface area contributed by atoms with Gasteiger partial charge in [-0.2, -0.15) is 4.31 Å². The Bertz CT molecular complexity index is 785. The van der Waals surface area contributed by atoms with Crippen molar-refractivity contribution in [2.24, 2.45) is 0 Å². The predicted molar refractivity (Wildman–Crippen MR) is 93.3 cm³/mol. The van der Waals surface area contributed by atoms with Gasteiger partial charge in [-0.15, -0.1) is 0 Å². The summed E-state index contributed by atoms with van der Waals surface area (Å²) in [5, 5.41) is 2.38. The van der Waals surface area contributed by atoms with E-state index in [-0.39, 0.29) is 16.4 Å². The highest BCUT2D eigenvalue weighted by Gasteiger charge is 2.27. The molecule has 3 amide bonds. The molecule has 0 aliphatic carbocycles. The molecule has 0 saturated carbocycles. The van der Waals surface area contributed by atoms with Gasteiger partial charge in [0.1, 0.15) is 6.04 Å². The first-order valence-electron chi connectivity index (χ1n) is 8.19. The molecule has 26 heavy (non-hydrogen) atoms. The van der Waals surface area contributed by atoms with E-state index < -0.39 is 27.9 Å². The van der Waals surface area contributed by atoms with E-state index >= 15 is 0 Å². The van der Waals surface area contributed by atoms with Gasteiger partial charge in [-0.25, -0.2) is 8.42 Å². The fraction of sp³-hybridized carbons (Fsp3) is 0.438. The van der Waals surface area contributed by atoms with Crippen LogP contribution in [0.2, 0.25) is 0 Å². The first-order valence-corrected chi connectivity index (χ1v) is 9.63. The molecule has 1 saturated heterocycles. The molecule has 2 rings (SSSR count). The van der Waals surface area contributed by atoms with Crippen LogP contribution in [0.3, 0.4) is 0 Å². The average Bonchev–Trinajstić information content (AvgIpc) is 3.14. The van der Waals surface area contributed by atoms with Crippen LogP contribution in [0.1, 0.15) is 37.0 Å². The largest absolute Gasteiger partial charge is 0.345 e. The van der Waals surface area contributed by atoms with E-state index in [9.17, 15) is 22.8 Å². The van der Waals surface area contributed by atoms with E-state index in [2.05, 4.69) is 16.2 Å². The number of nitrogens with one attached hydrogen (secondary N) is 3. The van der Waals surface area contributed by atoms with Gasteiger partial charge in [0.05, 0.1) is 4.90 Å². The van der Waals surface area contributed by atoms with Crippen molar-refractivity contribution >= 4 is 27.7 Å². The van der Waals surface area contributed by atoms with Gasteiger partial charge in [0.2, 0.25) is 15.9 Å². The summed E-state index contributed by atoms with van der Waals surface area (Å²) in [4.78, 5) is 34.8. The molecule has 0 aromatic heterocycles. The van der Waals surface area contributed by atoms with Gasteiger partial charge in [-0.1, -0.05) is 0 Å². The van der Waals surface area contributed by atoms with Crippen molar-refractivity contribution in [1.82, 2.24) is 20.5 Å². The number of carbonyl (C=O) groups excluding carboxylic acids is 3. The summed E-state index contributed by atoms with van der Waals surface area (Å²) >= 11 is 0. The van der Waals surface area contributed by atoms with Gasteiger partial charge in [0.25, 0.3) is 11.8 Å². The topological polar surface area (TPSA) is 125 Å². The Morgan fingerprint density at radius 2 is 1.62 bits per heavy atom. The third-order valence-electron chi connectivity index (χ3n) is 3.93. The van der Waals surface area contributed by atoms with Crippen molar-refractivity contribution in [2.45, 2.75) is 37.6 Å². The van der Waals surface area contributed by atoms with Crippen LogP contribution < -0.4 is 16.2 Å². The highest BCUT2D eigenvalue weighted by atomic mass is 32.2. The molecule has 3 N–H and O–H groups in total. The van der Waals surface area contributed by atoms with E-state index in [4.69, 9.17) is 0 Å². The van der Waals surface area contributed by atoms with Crippen LogP contribution in [-0.2, 0) is 19.6 Å². The number of hydrazine groups is 1. The lowest BCUT2D eigenvalue weighted by Gasteiger charge is -2.16. The number of rotatable bonds is 5. The van der Waals surface area contributed by atoms with Crippen LogP contribution in [0, 0.1) is 0 Å². The van der Waals surface area contributed by atoms with Crippen LogP contribution in [0.4, 0.5) is 0 Å². The maximum absolute atomic E-state index is 12.4. The van der Waals surface area contributed by atoms with Gasteiger partial charge in [0, 0.05) is 25.6 Å². The summed E-state index contributed by atoms with van der Waals surface area (Å²) in [6, 6.07) is 4.68. The number of amides is 3. The van der Waals surface area contributed by atoms with Gasteiger partial charge >= 0.3 is 0 Å². The zero-order chi connectivity index (χ0) is 19.3. The molecule has 1 aliphatic heterocycles. The van der Waals surface area contributed by atoms with Crippen molar-refractivity contribution in [2.75, 3.05) is 13.1 Å². The average molecular weight is 382 g/mol. The minimum absolute atomic E-state index is 0.124. The minimum Gasteiger partial charge on any atom is -0.345 e. The molecule has 9 nitrogen and oxygen atoms in total. The molecule has 1 aromatic rings. The molecule has 0 spiro atoms. The van der Waals surface area contributed by atoms with E-state index in [0.29, 0.717) is 13.1 Å². The molecule has 1 aliphatic rings. The molecule has 0 radical (unpaired) electrons. The Kier molecular flexibility index (Phi) is 6.32. The second-order valence-corrected chi connectivity index (χ2v) is 7.94. The van der Waals surface area contributed by atoms with Crippen molar-refractivity contribution < 1.29 is 22.8 Å². The summed E-state index contributed by atoms with van der Waals surface area (Å²) in [6.45, 7) is 3.76. The van der Waals surface area contributed by atoms with Crippen molar-refractivity contribution in [3.8, 4) is 0 Å². The maximum Gasteiger partial charge on any atom is 0.269 e. The number of benzene rings is 1. The lowest BCUT2D eigenvalue weighted by atomic mass is 10.2. The van der Waals surface area contributed by atoms with Crippen LogP contribution in [-0.4, -0.2) is 49.6 Å². The van der Waals surface area contributed by atoms with E-state index in [1.165, 1.54) is 42.4 Å². The van der Waals surface area contributed by atoms with Gasteiger partial charge in [-0.05, 0) is 44.0 Å². The number of hydrogen-bond acceptors (Lipinski definition) is 5. The zero-order valence-corrected chi connectivity index (χ0v) is 15.4. The van der Waals surface area contributed by atoms with Gasteiger partial charge in [-0.3, -0.25) is 25.2 Å². The first-order chi connectivity index (χ1) is 12.2. The standard InChI is InChI=1S/C16H22N4O5S/c1-11(17-12(2)21)15(22)18-19-16(23)13-5-7-14(8-6-13)26(24,25)20-9-3-4-10-20/h5-8,11H,3-4,9-10H2,1-2H3,(H,17,21)(H,18,22)(H,19,23). The fourth-order valence-corrected chi connectivity index (χ4v) is 4.04. The Balaban J connectivity index is 1.96. The fourth-order valence-electron chi connectivity index (χ4n) is 2.53. The Hall–Kier alpha value is -2.46. The van der Waals surface area contributed by atoms with Crippen molar-refractivity contribution in [3.63, 3.8) is 0 Å². The van der Waals surface area contributed by atoms with Crippen molar-refractivity contribution in [1.29, 1.82) is 0 Å². The number of carbonyl (C=O) groups is 3. The van der Waals surface area contributed by atoms with E-state index in [1.807, 2.05) is 0 Å². The minimum atomic E-state index is -3.54. The van der Waals surface area contributed by atoms with Crippen LogP contribution in [0.25, 0.3) is 0 Å². The summed E-state index contributed by atoms with van der Waals surface area (Å²) in [6.07, 6.45) is 1.69. The first kappa shape index (κ1) is 19.9. The number of nitrogens with zero attached hydrogens (tertiary/aromatic N) is 1. The summed E-state index contributed by atoms with van der Waals surface area (Å²) in [7, 11) is -3.54. The van der Waals surface area contributed by atoms with E-state index in [1.54, 1.807) is 0 Å². The Morgan fingerprint density at radius 1 is 1.04 bits per heavy atom. The lowest BCUT2D eigenvalue weighted by Crippen LogP contribution is -2.50. The number of hydrogen-bond donors (Lipinski definition) is 3. The Morgan fingerprint density at radius 3 is 2.15 bits per heavy atom. The molecule has 1 aromatic carbocycles. The molecule has 0 bridgehead atoms. The highest BCUT2D eigenvalue weighted by molar-refractivity contribution is 7.89. The normalized spacial score (nSPS) is 15.9. The quantitative estimate of drug-likeness (QED) is 0.606. The molecule has 1 atom stereocenters. The summed E-state index contributed by atoms with van der Waals surface area (Å²) < 4.78 is 26.3. The van der Waals surface area contributed by atoms with Gasteiger partial charge < -0.3 is 5.32 Å². The maximum atomic E-state index is 12.4. The lowest BCUT2D eigenvalue weighted by molar-refractivity contribution is -0.128. The van der Waals surface area contributed by atoms with Crippen LogP contribution >= 0.6 is 0 Å². The molecule has 1 fully saturated rings. The molecule has 1 heterocycles. The Labute approximate surface area is 152 Å². The second kappa shape index (κ2) is 8.28. The van der Waals surface area contributed by atoms with Crippen molar-refractivity contribution in [3.05, 3.63) is 29.8 Å². The van der Waals surface area contributed by atoms with Gasteiger partial charge in [0.15, 0.2) is 0 Å². The smallest absolute Gasteiger partial charge is 0.269 e. The third-order valence-corrected chi connectivity index (χ3v) is 5.84. The third kappa shape index (κ3) is 4.79. The predicted octanol–water partition coefficient (Wildman–Crippen LogP) is -0.243. The van der Waals surface area contributed by atoms with Crippen LogP contribution in [0.15, 0.2) is 29.2 Å². The SMILES string of the molecule is CC(=O)NC(C)C(=O)NNC(=O)c1ccc(S(=O)(=O)N2CCCC2)cc1. The van der Waals surface area contributed by atoms with Crippen LogP contribution in [0.5, 0.6) is 0 Å². The molecule has 1 unspecified atom stereocenters. The molecular formula is C16H22N4O5S. The number of sulfonamides is 1. The monoisotopic (exact) mass is 382 g/mol. The van der Waals surface area contributed by atoms with E-state index in [0.717, 1.165) is 12.8 Å². The summed E-state index contributed by atoms with van der Waals surface area (Å²) in [5.74, 6) is -1.55. The molecular weight excluding hydrogens is 360 g/mol. The summed E-state index contributed by atoms with van der Waals surface area (Å²) in [5.41, 5.74) is 4.60. The molecule has 10 heteroatoms. The highest BCUT2D eigenvalue weighted by Crippen LogP contribution is 2.20. The molecule has 142 valence electrons. The second-order valence-electron chi connectivity index (χ2n) is 6.00. The zero-order valence-electron chi connectivity index (χ0n) is 14.6.